The highest BCUT2D eigenvalue weighted by molar-refractivity contribution is 6.31. The van der Waals surface area contributed by atoms with Crippen molar-refractivity contribution in [2.45, 2.75) is 19.1 Å². The Labute approximate surface area is 236 Å². The second-order valence-corrected chi connectivity index (χ2v) is 9.73. The van der Waals surface area contributed by atoms with Crippen LogP contribution >= 0.6 is 11.6 Å². The van der Waals surface area contributed by atoms with Crippen LogP contribution in [0.1, 0.15) is 32.7 Å². The van der Waals surface area contributed by atoms with Crippen LogP contribution < -0.4 is 15.5 Å². The van der Waals surface area contributed by atoms with E-state index in [4.69, 9.17) is 11.6 Å². The van der Waals surface area contributed by atoms with Crippen LogP contribution in [0.5, 0.6) is 5.88 Å². The smallest absolute Gasteiger partial charge is 0.390 e. The van der Waals surface area contributed by atoms with E-state index in [1.165, 1.54) is 30.3 Å². The summed E-state index contributed by atoms with van der Waals surface area (Å²) in [6, 6.07) is 9.36. The quantitative estimate of drug-likeness (QED) is 0.317. The summed E-state index contributed by atoms with van der Waals surface area (Å²) >= 11 is 6.15. The van der Waals surface area contributed by atoms with E-state index in [2.05, 4.69) is 15.6 Å². The third-order valence-corrected chi connectivity index (χ3v) is 6.72. The average Bonchev–Trinajstić information content (AvgIpc) is 2.93. The van der Waals surface area contributed by atoms with Gasteiger partial charge in [-0.1, -0.05) is 17.7 Å². The number of benzene rings is 2. The van der Waals surface area contributed by atoms with Crippen molar-refractivity contribution in [1.82, 2.24) is 15.2 Å². The Morgan fingerprint density at radius 3 is 2.37 bits per heavy atom. The van der Waals surface area contributed by atoms with Crippen LogP contribution in [0.2, 0.25) is 5.02 Å². The fraction of sp³-hybridized carbons (Fsp3) is 0.296. The third-order valence-electron chi connectivity index (χ3n) is 6.49. The number of aromatic hydroxyl groups is 1. The molecule has 0 bridgehead atoms. The summed E-state index contributed by atoms with van der Waals surface area (Å²) in [5, 5.41) is 14.5. The van der Waals surface area contributed by atoms with Crippen molar-refractivity contribution >= 4 is 34.8 Å². The zero-order valence-corrected chi connectivity index (χ0v) is 22.2. The molecular formula is C27H25ClF5N5O3. The summed E-state index contributed by atoms with van der Waals surface area (Å²) in [5.41, 5.74) is 0.0844. The molecule has 0 unspecified atom stereocenters. The molecule has 3 N–H and O–H groups in total. The first-order chi connectivity index (χ1) is 19.4. The van der Waals surface area contributed by atoms with Crippen LogP contribution in [0.4, 0.5) is 33.3 Å². The molecule has 0 spiro atoms. The Morgan fingerprint density at radius 1 is 0.976 bits per heavy atom. The lowest BCUT2D eigenvalue weighted by Crippen LogP contribution is -2.47. The number of pyridine rings is 1. The maximum absolute atomic E-state index is 14.9. The van der Waals surface area contributed by atoms with Crippen LogP contribution in [0, 0.1) is 11.6 Å². The van der Waals surface area contributed by atoms with Gasteiger partial charge in [-0.05, 0) is 30.3 Å². The predicted octanol–water partition coefficient (Wildman–Crippen LogP) is 4.98. The van der Waals surface area contributed by atoms with Crippen LogP contribution in [0.25, 0.3) is 0 Å². The van der Waals surface area contributed by atoms with Crippen molar-refractivity contribution in [2.24, 2.45) is 0 Å². The van der Waals surface area contributed by atoms with Crippen LogP contribution in [0.15, 0.2) is 48.7 Å². The van der Waals surface area contributed by atoms with Gasteiger partial charge in [0.25, 0.3) is 11.8 Å². The zero-order chi connectivity index (χ0) is 29.7. The molecule has 1 fully saturated rings. The van der Waals surface area contributed by atoms with E-state index in [9.17, 15) is 36.6 Å². The first-order valence-electron chi connectivity index (χ1n) is 12.5. The highest BCUT2D eigenvalue weighted by atomic mass is 35.5. The SMILES string of the molecule is O=C(NCc1ccc(C(=O)Nc2ccc(Cl)cc2N2CCN(CCC(F)(F)F)CC2)c(F)c1F)c1ccc(O)nc1. The number of alkyl halides is 3. The van der Waals surface area contributed by atoms with E-state index in [0.717, 1.165) is 12.3 Å². The topological polar surface area (TPSA) is 97.8 Å². The van der Waals surface area contributed by atoms with Crippen molar-refractivity contribution in [3.8, 4) is 5.88 Å². The zero-order valence-electron chi connectivity index (χ0n) is 21.4. The molecule has 0 saturated carbocycles. The van der Waals surface area contributed by atoms with Crippen LogP contribution in [-0.4, -0.2) is 65.7 Å². The van der Waals surface area contributed by atoms with Gasteiger partial charge in [-0.3, -0.25) is 14.5 Å². The van der Waals surface area contributed by atoms with E-state index < -0.39 is 41.6 Å². The molecule has 1 aliphatic heterocycles. The molecular weight excluding hydrogens is 573 g/mol. The fourth-order valence-electron chi connectivity index (χ4n) is 4.26. The largest absolute Gasteiger partial charge is 0.493 e. The van der Waals surface area contributed by atoms with Gasteiger partial charge in [-0.25, -0.2) is 13.8 Å². The molecule has 8 nitrogen and oxygen atoms in total. The maximum atomic E-state index is 14.9. The van der Waals surface area contributed by atoms with Crippen LogP contribution in [-0.2, 0) is 6.54 Å². The number of carbonyl (C=O) groups is 2. The number of amides is 2. The minimum Gasteiger partial charge on any atom is -0.493 e. The molecule has 2 aromatic carbocycles. The minimum absolute atomic E-state index is 0.0983. The Hall–Kier alpha value is -3.97. The average molecular weight is 598 g/mol. The molecule has 14 heteroatoms. The molecule has 2 heterocycles. The van der Waals surface area contributed by atoms with Crippen molar-refractivity contribution in [1.29, 1.82) is 0 Å². The summed E-state index contributed by atoms with van der Waals surface area (Å²) in [6.07, 6.45) is -4.03. The van der Waals surface area contributed by atoms with Gasteiger partial charge in [-0.15, -0.1) is 0 Å². The molecule has 4 rings (SSSR count). The van der Waals surface area contributed by atoms with E-state index in [-0.39, 0.29) is 35.8 Å². The predicted molar refractivity (Wildman–Crippen MR) is 142 cm³/mol. The number of hydrogen-bond donors (Lipinski definition) is 3. The Morgan fingerprint density at radius 2 is 1.71 bits per heavy atom. The van der Waals surface area contributed by atoms with E-state index in [0.29, 0.717) is 36.9 Å². The lowest BCUT2D eigenvalue weighted by Gasteiger charge is -2.37. The van der Waals surface area contributed by atoms with E-state index in [1.54, 1.807) is 11.0 Å². The van der Waals surface area contributed by atoms with Crippen molar-refractivity contribution in [2.75, 3.05) is 42.9 Å². The molecule has 0 aliphatic carbocycles. The van der Waals surface area contributed by atoms with Gasteiger partial charge in [0.1, 0.15) is 0 Å². The first-order valence-corrected chi connectivity index (χ1v) is 12.8. The number of rotatable bonds is 8. The van der Waals surface area contributed by atoms with Gasteiger partial charge < -0.3 is 20.6 Å². The fourth-order valence-corrected chi connectivity index (χ4v) is 4.42. The number of halogens is 6. The van der Waals surface area contributed by atoms with Crippen LogP contribution in [0.3, 0.4) is 0 Å². The number of carbonyl (C=O) groups excluding carboxylic acids is 2. The van der Waals surface area contributed by atoms with Gasteiger partial charge >= 0.3 is 6.18 Å². The standard InChI is InChI=1S/C27H25ClF5N5O3/c28-18-3-5-20(21(13-18)38-11-9-37(10-12-38)8-7-27(31,32)33)36-26(41)19-4-1-16(23(29)24(19)30)14-35-25(40)17-2-6-22(39)34-15-17/h1-6,13,15H,7-12,14H2,(H,34,39)(H,35,40)(H,36,41). The van der Waals surface area contributed by atoms with Gasteiger partial charge in [0.2, 0.25) is 5.88 Å². The summed E-state index contributed by atoms with van der Waals surface area (Å²) in [4.78, 5) is 32.3. The molecule has 2 amide bonds. The lowest BCUT2D eigenvalue weighted by atomic mass is 10.1. The van der Waals surface area contributed by atoms with E-state index >= 15 is 0 Å². The first kappa shape index (κ1) is 30.0. The Bertz CT molecular complexity index is 1410. The molecule has 3 aromatic rings. The maximum Gasteiger partial charge on any atom is 0.390 e. The summed E-state index contributed by atoms with van der Waals surface area (Å²) in [7, 11) is 0. The van der Waals surface area contributed by atoms with Crippen molar-refractivity contribution in [3.63, 3.8) is 0 Å². The minimum atomic E-state index is -4.24. The van der Waals surface area contributed by atoms with E-state index in [1.807, 2.05) is 4.90 Å². The molecule has 0 atom stereocenters. The van der Waals surface area contributed by atoms with Gasteiger partial charge in [0, 0.05) is 62.1 Å². The molecule has 1 saturated heterocycles. The number of anilines is 2. The summed E-state index contributed by atoms with van der Waals surface area (Å²) in [5.74, 6) is -4.56. The number of aromatic nitrogens is 1. The molecule has 1 aromatic heterocycles. The number of piperazine rings is 1. The van der Waals surface area contributed by atoms with Gasteiger partial charge in [-0.2, -0.15) is 13.2 Å². The third kappa shape index (κ3) is 7.82. The highest BCUT2D eigenvalue weighted by Gasteiger charge is 2.29. The Kier molecular flexibility index (Phi) is 9.28. The van der Waals surface area contributed by atoms with Gasteiger partial charge in [0.05, 0.1) is 28.9 Å². The summed E-state index contributed by atoms with van der Waals surface area (Å²) in [6.45, 7) is 0.958. The van der Waals surface area contributed by atoms with Crippen molar-refractivity contribution < 1.29 is 36.6 Å². The normalized spacial score (nSPS) is 14.1. The Balaban J connectivity index is 1.42. The highest BCUT2D eigenvalue weighted by Crippen LogP contribution is 2.31. The number of hydrogen-bond acceptors (Lipinski definition) is 6. The molecule has 218 valence electrons. The number of nitrogens with one attached hydrogen (secondary N) is 2. The van der Waals surface area contributed by atoms with Crippen molar-refractivity contribution in [3.05, 3.63) is 82.0 Å². The van der Waals surface area contributed by atoms with Gasteiger partial charge in [0.15, 0.2) is 11.6 Å². The second kappa shape index (κ2) is 12.7. The summed E-state index contributed by atoms with van der Waals surface area (Å²) < 4.78 is 67.4. The molecule has 1 aliphatic rings. The number of nitrogens with zero attached hydrogens (tertiary/aromatic N) is 3. The molecule has 0 radical (unpaired) electrons. The lowest BCUT2D eigenvalue weighted by molar-refractivity contribution is -0.138. The molecule has 41 heavy (non-hydrogen) atoms. The monoisotopic (exact) mass is 597 g/mol. The second-order valence-electron chi connectivity index (χ2n) is 9.30.